The van der Waals surface area contributed by atoms with Crippen molar-refractivity contribution in [2.24, 2.45) is 5.41 Å². The lowest BCUT2D eigenvalue weighted by Crippen LogP contribution is -2.48. The van der Waals surface area contributed by atoms with Gasteiger partial charge in [-0.1, -0.05) is 49.6 Å². The average molecular weight is 396 g/mol. The molecule has 0 unspecified atom stereocenters. The van der Waals surface area contributed by atoms with E-state index < -0.39 is 27.3 Å². The fourth-order valence-electron chi connectivity index (χ4n) is 3.83. The van der Waals surface area contributed by atoms with Crippen LogP contribution in [-0.4, -0.2) is 43.5 Å². The first-order chi connectivity index (χ1) is 12.7. The van der Waals surface area contributed by atoms with Crippen molar-refractivity contribution in [3.8, 4) is 0 Å². The van der Waals surface area contributed by atoms with E-state index in [9.17, 15) is 23.1 Å². The van der Waals surface area contributed by atoms with Crippen molar-refractivity contribution in [2.45, 2.75) is 57.4 Å². The Labute approximate surface area is 161 Å². The van der Waals surface area contributed by atoms with Crippen LogP contribution in [0.2, 0.25) is 0 Å². The molecule has 1 atom stereocenters. The molecule has 1 aliphatic carbocycles. The van der Waals surface area contributed by atoms with E-state index in [2.05, 4.69) is 5.32 Å². The molecule has 1 aromatic rings. The highest BCUT2D eigenvalue weighted by Gasteiger charge is 2.41. The molecule has 0 aromatic heterocycles. The van der Waals surface area contributed by atoms with E-state index in [-0.39, 0.29) is 18.1 Å². The Kier molecular flexibility index (Phi) is 7.41. The summed E-state index contributed by atoms with van der Waals surface area (Å²) in [5.74, 6) is -1.13. The number of rotatable bonds is 10. The van der Waals surface area contributed by atoms with E-state index in [4.69, 9.17) is 0 Å². The van der Waals surface area contributed by atoms with Gasteiger partial charge in [-0.15, -0.1) is 0 Å². The molecule has 6 nitrogen and oxygen atoms in total. The monoisotopic (exact) mass is 395 g/mol. The van der Waals surface area contributed by atoms with Crippen LogP contribution in [0.25, 0.3) is 0 Å². The lowest BCUT2D eigenvalue weighted by molar-refractivity contribution is -0.144. The number of unbranched alkanes of at least 4 members (excludes halogenated alkanes) is 1. The molecule has 1 fully saturated rings. The predicted octanol–water partition coefficient (Wildman–Crippen LogP) is 2.57. The minimum atomic E-state index is -3.00. The van der Waals surface area contributed by atoms with Gasteiger partial charge in [0.25, 0.3) is 0 Å². The summed E-state index contributed by atoms with van der Waals surface area (Å²) in [4.78, 5) is 24.6. The van der Waals surface area contributed by atoms with E-state index in [0.29, 0.717) is 19.3 Å². The van der Waals surface area contributed by atoms with Gasteiger partial charge < -0.3 is 10.4 Å². The smallest absolute Gasteiger partial charge is 0.326 e. The third-order valence-corrected chi connectivity index (χ3v) is 6.38. The first-order valence-corrected chi connectivity index (χ1v) is 11.5. The van der Waals surface area contributed by atoms with E-state index in [1.165, 1.54) is 6.26 Å². The Morgan fingerprint density at radius 1 is 1.15 bits per heavy atom. The van der Waals surface area contributed by atoms with Crippen molar-refractivity contribution >= 4 is 21.7 Å². The Morgan fingerprint density at radius 2 is 1.78 bits per heavy atom. The number of carboxylic acid groups (broad SMARTS) is 1. The maximum Gasteiger partial charge on any atom is 0.326 e. The molecule has 150 valence electrons. The summed E-state index contributed by atoms with van der Waals surface area (Å²) in [5.41, 5.74) is 0.292. The van der Waals surface area contributed by atoms with E-state index in [0.717, 1.165) is 31.2 Å². The fraction of sp³-hybridized carbons (Fsp3) is 0.600. The molecule has 0 radical (unpaired) electrons. The zero-order chi connectivity index (χ0) is 19.9. The molecule has 2 N–H and O–H groups in total. The Balaban J connectivity index is 2.00. The first-order valence-electron chi connectivity index (χ1n) is 9.47. The van der Waals surface area contributed by atoms with E-state index in [1.54, 1.807) is 0 Å². The second-order valence-corrected chi connectivity index (χ2v) is 9.89. The molecular formula is C20H29NO5S. The van der Waals surface area contributed by atoms with Crippen molar-refractivity contribution in [1.82, 2.24) is 5.32 Å². The number of carbonyl (C=O) groups excluding carboxylic acids is 1. The van der Waals surface area contributed by atoms with Crippen molar-refractivity contribution in [1.29, 1.82) is 0 Å². The lowest BCUT2D eigenvalue weighted by atomic mass is 9.80. The second-order valence-electron chi connectivity index (χ2n) is 7.63. The van der Waals surface area contributed by atoms with Gasteiger partial charge in [0.2, 0.25) is 5.91 Å². The van der Waals surface area contributed by atoms with Crippen LogP contribution in [-0.2, 0) is 25.8 Å². The summed E-state index contributed by atoms with van der Waals surface area (Å²) in [6.07, 6.45) is 6.58. The van der Waals surface area contributed by atoms with Gasteiger partial charge in [-0.25, -0.2) is 13.2 Å². The minimum Gasteiger partial charge on any atom is -0.480 e. The number of benzene rings is 1. The number of hydrogen-bond donors (Lipinski definition) is 2. The van der Waals surface area contributed by atoms with Gasteiger partial charge in [0.15, 0.2) is 0 Å². The molecule has 1 amide bonds. The summed E-state index contributed by atoms with van der Waals surface area (Å²) >= 11 is 0. The van der Waals surface area contributed by atoms with Crippen LogP contribution in [0, 0.1) is 5.41 Å². The number of sulfone groups is 1. The van der Waals surface area contributed by atoms with Crippen molar-refractivity contribution in [3.05, 3.63) is 35.9 Å². The van der Waals surface area contributed by atoms with Crippen LogP contribution in [0.4, 0.5) is 0 Å². The number of hydrogen-bond acceptors (Lipinski definition) is 4. The minimum absolute atomic E-state index is 0.121. The van der Waals surface area contributed by atoms with Gasteiger partial charge in [0, 0.05) is 23.8 Å². The van der Waals surface area contributed by atoms with Crippen LogP contribution in [0.15, 0.2) is 30.3 Å². The zero-order valence-electron chi connectivity index (χ0n) is 15.8. The zero-order valence-corrected chi connectivity index (χ0v) is 16.6. The second kappa shape index (κ2) is 9.35. The van der Waals surface area contributed by atoms with Crippen LogP contribution in [0.3, 0.4) is 0 Å². The molecule has 0 saturated heterocycles. The number of carboxylic acids is 1. The van der Waals surface area contributed by atoms with Gasteiger partial charge in [-0.3, -0.25) is 4.79 Å². The molecular weight excluding hydrogens is 366 g/mol. The summed E-state index contributed by atoms with van der Waals surface area (Å²) < 4.78 is 22.6. The molecule has 27 heavy (non-hydrogen) atoms. The van der Waals surface area contributed by atoms with Crippen LogP contribution in [0.5, 0.6) is 0 Å². The van der Waals surface area contributed by atoms with Crippen LogP contribution >= 0.6 is 0 Å². The molecule has 1 aliphatic rings. The van der Waals surface area contributed by atoms with E-state index >= 15 is 0 Å². The molecule has 1 aromatic carbocycles. The Hall–Kier alpha value is -1.89. The molecule has 0 heterocycles. The van der Waals surface area contributed by atoms with Gasteiger partial charge in [-0.2, -0.15) is 0 Å². The normalized spacial score (nSPS) is 17.4. The fourth-order valence-corrected chi connectivity index (χ4v) is 4.56. The summed E-state index contributed by atoms with van der Waals surface area (Å²) in [6, 6.07) is 8.28. The molecule has 7 heteroatoms. The van der Waals surface area contributed by atoms with E-state index in [1.807, 2.05) is 30.3 Å². The number of nitrogens with one attached hydrogen (secondary N) is 1. The highest BCUT2D eigenvalue weighted by molar-refractivity contribution is 7.90. The van der Waals surface area contributed by atoms with Crippen LogP contribution in [0.1, 0.15) is 50.5 Å². The van der Waals surface area contributed by atoms with Gasteiger partial charge in [0.1, 0.15) is 15.9 Å². The standard InChI is InChI=1S/C20H29NO5S/c1-27(25,26)14-8-7-13-20(11-5-6-12-20)19(24)21-17(18(22)23)15-16-9-3-2-4-10-16/h2-4,9-10,17H,5-8,11-15H2,1H3,(H,21,24)(H,22,23)/t17-/m0/s1. The third kappa shape index (κ3) is 6.65. The molecule has 0 spiro atoms. The summed E-state index contributed by atoms with van der Waals surface area (Å²) in [6.45, 7) is 0. The van der Waals surface area contributed by atoms with Crippen molar-refractivity contribution in [2.75, 3.05) is 12.0 Å². The molecule has 2 rings (SSSR count). The number of amides is 1. The van der Waals surface area contributed by atoms with Crippen molar-refractivity contribution < 1.29 is 23.1 Å². The molecule has 0 aliphatic heterocycles. The summed E-state index contributed by atoms with van der Waals surface area (Å²) in [7, 11) is -3.00. The quantitative estimate of drug-likeness (QED) is 0.593. The third-order valence-electron chi connectivity index (χ3n) is 5.35. The lowest BCUT2D eigenvalue weighted by Gasteiger charge is -2.29. The predicted molar refractivity (Wildman–Crippen MR) is 104 cm³/mol. The van der Waals surface area contributed by atoms with Gasteiger partial charge in [-0.05, 0) is 31.2 Å². The maximum absolute atomic E-state index is 13.0. The van der Waals surface area contributed by atoms with Gasteiger partial charge in [0.05, 0.1) is 0 Å². The topological polar surface area (TPSA) is 101 Å². The maximum atomic E-state index is 13.0. The summed E-state index contributed by atoms with van der Waals surface area (Å²) in [5, 5.41) is 12.3. The molecule has 1 saturated carbocycles. The van der Waals surface area contributed by atoms with Gasteiger partial charge >= 0.3 is 5.97 Å². The average Bonchev–Trinajstić information content (AvgIpc) is 3.08. The Bertz CT molecular complexity index is 739. The molecule has 0 bridgehead atoms. The highest BCUT2D eigenvalue weighted by atomic mass is 32.2. The number of carbonyl (C=O) groups is 2. The largest absolute Gasteiger partial charge is 0.480 e. The Morgan fingerprint density at radius 3 is 2.33 bits per heavy atom. The first kappa shape index (κ1) is 21.4. The SMILES string of the molecule is CS(=O)(=O)CCCCC1(C(=O)N[C@@H](Cc2ccccc2)C(=O)O)CCCC1. The highest BCUT2D eigenvalue weighted by Crippen LogP contribution is 2.42. The number of aliphatic carboxylic acids is 1. The van der Waals surface area contributed by atoms with Crippen LogP contribution < -0.4 is 5.32 Å². The van der Waals surface area contributed by atoms with Crippen molar-refractivity contribution in [3.63, 3.8) is 0 Å².